The summed E-state index contributed by atoms with van der Waals surface area (Å²) in [6.07, 6.45) is 3.38. The summed E-state index contributed by atoms with van der Waals surface area (Å²) in [5, 5.41) is 4.82. The SMILES string of the molecule is CCCN1C(=S)NC(c2ccc(OCc3ccc(Cl)cc3)cc2)C2=C1CCCC2=O. The lowest BCUT2D eigenvalue weighted by molar-refractivity contribution is -0.116. The number of nitrogens with zero attached hydrogens (tertiary/aromatic N) is 1. The third-order valence-electron chi connectivity index (χ3n) is 5.54. The second kappa shape index (κ2) is 9.19. The van der Waals surface area contributed by atoms with Crippen LogP contribution < -0.4 is 10.1 Å². The van der Waals surface area contributed by atoms with Crippen molar-refractivity contribution in [3.63, 3.8) is 0 Å². The van der Waals surface area contributed by atoms with Crippen molar-refractivity contribution in [3.8, 4) is 5.75 Å². The quantitative estimate of drug-likeness (QED) is 0.595. The first kappa shape index (κ1) is 20.9. The number of hydrogen-bond donors (Lipinski definition) is 1. The molecule has 1 aliphatic carbocycles. The molecule has 0 bridgehead atoms. The van der Waals surface area contributed by atoms with Crippen LogP contribution in [-0.2, 0) is 11.4 Å². The van der Waals surface area contributed by atoms with E-state index in [1.54, 1.807) is 0 Å². The predicted octanol–water partition coefficient (Wildman–Crippen LogP) is 5.57. The van der Waals surface area contributed by atoms with E-state index >= 15 is 0 Å². The lowest BCUT2D eigenvalue weighted by atomic mass is 9.85. The van der Waals surface area contributed by atoms with Gasteiger partial charge in [0.05, 0.1) is 6.04 Å². The molecule has 1 N–H and O–H groups in total. The maximum Gasteiger partial charge on any atom is 0.173 e. The van der Waals surface area contributed by atoms with E-state index in [0.29, 0.717) is 23.2 Å². The smallest absolute Gasteiger partial charge is 0.173 e. The van der Waals surface area contributed by atoms with Gasteiger partial charge in [-0.25, -0.2) is 0 Å². The molecule has 156 valence electrons. The Hall–Kier alpha value is -2.37. The van der Waals surface area contributed by atoms with Crippen LogP contribution in [0.1, 0.15) is 49.8 Å². The minimum Gasteiger partial charge on any atom is -0.489 e. The number of ether oxygens (including phenoxy) is 1. The number of carbonyl (C=O) groups excluding carboxylic acids is 1. The highest BCUT2D eigenvalue weighted by Crippen LogP contribution is 2.37. The summed E-state index contributed by atoms with van der Waals surface area (Å²) in [7, 11) is 0. The van der Waals surface area contributed by atoms with Crippen LogP contribution in [0, 0.1) is 0 Å². The summed E-state index contributed by atoms with van der Waals surface area (Å²) < 4.78 is 5.90. The average Bonchev–Trinajstić information content (AvgIpc) is 2.76. The monoisotopic (exact) mass is 440 g/mol. The van der Waals surface area contributed by atoms with Crippen LogP contribution in [0.5, 0.6) is 5.75 Å². The van der Waals surface area contributed by atoms with Gasteiger partial charge in [-0.15, -0.1) is 0 Å². The molecule has 0 saturated carbocycles. The lowest BCUT2D eigenvalue weighted by Gasteiger charge is -2.41. The number of Topliss-reactive ketones (excluding diaryl/α,β-unsaturated/α-hetero) is 1. The number of ketones is 1. The van der Waals surface area contributed by atoms with Crippen molar-refractivity contribution in [1.82, 2.24) is 10.2 Å². The molecule has 0 fully saturated rings. The van der Waals surface area contributed by atoms with Gasteiger partial charge >= 0.3 is 0 Å². The maximum absolute atomic E-state index is 12.8. The van der Waals surface area contributed by atoms with Gasteiger partial charge in [0.1, 0.15) is 12.4 Å². The third kappa shape index (κ3) is 4.37. The van der Waals surface area contributed by atoms with Crippen LogP contribution in [-0.4, -0.2) is 22.3 Å². The fraction of sp³-hybridized carbons (Fsp3) is 0.333. The van der Waals surface area contributed by atoms with E-state index in [9.17, 15) is 4.79 Å². The molecule has 1 heterocycles. The molecule has 1 atom stereocenters. The second-order valence-corrected chi connectivity index (χ2v) is 8.48. The molecule has 2 aliphatic rings. The van der Waals surface area contributed by atoms with Crippen LogP contribution in [0.25, 0.3) is 0 Å². The van der Waals surface area contributed by atoms with Gasteiger partial charge in [-0.3, -0.25) is 4.79 Å². The molecule has 0 radical (unpaired) electrons. The van der Waals surface area contributed by atoms with Gasteiger partial charge in [0.15, 0.2) is 10.9 Å². The Kier molecular flexibility index (Phi) is 6.40. The fourth-order valence-electron chi connectivity index (χ4n) is 4.06. The Bertz CT molecular complexity index is 970. The first-order valence-corrected chi connectivity index (χ1v) is 11.2. The number of allylic oxidation sites excluding steroid dienone is 1. The molecule has 30 heavy (non-hydrogen) atoms. The Morgan fingerprint density at radius 2 is 1.87 bits per heavy atom. The molecule has 2 aromatic carbocycles. The van der Waals surface area contributed by atoms with Gasteiger partial charge in [0, 0.05) is 29.3 Å². The zero-order chi connectivity index (χ0) is 21.1. The summed E-state index contributed by atoms with van der Waals surface area (Å²) in [6.45, 7) is 3.44. The first-order valence-electron chi connectivity index (χ1n) is 10.4. The number of rotatable bonds is 6. The Morgan fingerprint density at radius 3 is 2.57 bits per heavy atom. The largest absolute Gasteiger partial charge is 0.489 e. The molecule has 2 aromatic rings. The van der Waals surface area contributed by atoms with Gasteiger partial charge in [0.25, 0.3) is 0 Å². The highest BCUT2D eigenvalue weighted by atomic mass is 35.5. The van der Waals surface area contributed by atoms with Crippen molar-refractivity contribution in [3.05, 3.63) is 76.0 Å². The summed E-state index contributed by atoms with van der Waals surface area (Å²) in [5.41, 5.74) is 4.06. The second-order valence-electron chi connectivity index (χ2n) is 7.66. The normalized spacial score (nSPS) is 18.9. The van der Waals surface area contributed by atoms with Crippen LogP contribution in [0.3, 0.4) is 0 Å². The molecular formula is C24H25ClN2O2S. The van der Waals surface area contributed by atoms with Crippen molar-refractivity contribution in [1.29, 1.82) is 0 Å². The maximum atomic E-state index is 12.8. The van der Waals surface area contributed by atoms with Gasteiger partial charge in [-0.2, -0.15) is 0 Å². The summed E-state index contributed by atoms with van der Waals surface area (Å²) >= 11 is 11.6. The Balaban J connectivity index is 1.54. The highest BCUT2D eigenvalue weighted by molar-refractivity contribution is 7.80. The van der Waals surface area contributed by atoms with E-state index in [2.05, 4.69) is 17.1 Å². The summed E-state index contributed by atoms with van der Waals surface area (Å²) in [4.78, 5) is 14.9. The van der Waals surface area contributed by atoms with E-state index in [1.165, 1.54) is 0 Å². The molecule has 4 rings (SSSR count). The third-order valence-corrected chi connectivity index (χ3v) is 6.13. The predicted molar refractivity (Wildman–Crippen MR) is 124 cm³/mol. The van der Waals surface area contributed by atoms with Crippen LogP contribution in [0.2, 0.25) is 5.02 Å². The minimum absolute atomic E-state index is 0.196. The van der Waals surface area contributed by atoms with Gasteiger partial charge in [-0.05, 0) is 66.9 Å². The van der Waals surface area contributed by atoms with Gasteiger partial charge in [-0.1, -0.05) is 42.8 Å². The van der Waals surface area contributed by atoms with E-state index in [1.807, 2.05) is 48.5 Å². The van der Waals surface area contributed by atoms with Crippen LogP contribution in [0.4, 0.5) is 0 Å². The fourth-order valence-corrected chi connectivity index (χ4v) is 4.51. The number of thiocarbonyl (C=S) groups is 1. The standard InChI is InChI=1S/C24H25ClN2O2S/c1-2-14-27-20-4-3-5-21(28)22(20)23(26-24(27)30)17-8-12-19(13-9-17)29-15-16-6-10-18(25)11-7-16/h6-13,23H,2-5,14-15H2,1H3,(H,26,30). The zero-order valence-corrected chi connectivity index (χ0v) is 18.6. The van der Waals surface area contributed by atoms with E-state index in [4.69, 9.17) is 28.6 Å². The van der Waals surface area contributed by atoms with E-state index in [0.717, 1.165) is 54.0 Å². The van der Waals surface area contributed by atoms with Crippen molar-refractivity contribution in [2.24, 2.45) is 0 Å². The number of carbonyl (C=O) groups is 1. The molecule has 1 unspecified atom stereocenters. The summed E-state index contributed by atoms with van der Waals surface area (Å²) in [5.74, 6) is 1.00. The van der Waals surface area contributed by atoms with Gasteiger partial charge < -0.3 is 15.0 Å². The Morgan fingerprint density at radius 1 is 1.13 bits per heavy atom. The minimum atomic E-state index is -0.196. The Labute approximate surface area is 187 Å². The topological polar surface area (TPSA) is 41.6 Å². The molecule has 4 nitrogen and oxygen atoms in total. The first-order chi connectivity index (χ1) is 14.6. The lowest BCUT2D eigenvalue weighted by Crippen LogP contribution is -2.49. The summed E-state index contributed by atoms with van der Waals surface area (Å²) in [6, 6.07) is 15.3. The molecule has 0 amide bonds. The average molecular weight is 441 g/mol. The zero-order valence-electron chi connectivity index (χ0n) is 17.0. The molecular weight excluding hydrogens is 416 g/mol. The highest BCUT2D eigenvalue weighted by Gasteiger charge is 2.36. The number of hydrogen-bond acceptors (Lipinski definition) is 3. The molecule has 6 heteroatoms. The van der Waals surface area contributed by atoms with Crippen LogP contribution >= 0.6 is 23.8 Å². The molecule has 0 spiro atoms. The van der Waals surface area contributed by atoms with Gasteiger partial charge in [0.2, 0.25) is 0 Å². The van der Waals surface area contributed by atoms with Crippen molar-refractivity contribution >= 4 is 34.7 Å². The van der Waals surface area contributed by atoms with E-state index in [-0.39, 0.29) is 11.8 Å². The molecule has 0 aromatic heterocycles. The number of benzene rings is 2. The van der Waals surface area contributed by atoms with Crippen molar-refractivity contribution < 1.29 is 9.53 Å². The van der Waals surface area contributed by atoms with Crippen molar-refractivity contribution in [2.75, 3.05) is 6.54 Å². The van der Waals surface area contributed by atoms with E-state index < -0.39 is 0 Å². The van der Waals surface area contributed by atoms with Crippen molar-refractivity contribution in [2.45, 2.75) is 45.3 Å². The van der Waals surface area contributed by atoms with Crippen LogP contribution in [0.15, 0.2) is 59.8 Å². The molecule has 1 aliphatic heterocycles. The number of nitrogens with one attached hydrogen (secondary N) is 1. The molecule has 0 saturated heterocycles. The number of halogens is 1.